The van der Waals surface area contributed by atoms with Crippen LogP contribution in [0.1, 0.15) is 12.1 Å². The summed E-state index contributed by atoms with van der Waals surface area (Å²) in [7, 11) is 0. The SMILES string of the molecule is Cc1cc(NC2CCN(c3c(F)cccc3F)C2=O)nc(-c2cccnc2)n1. The molecule has 6 nitrogen and oxygen atoms in total. The molecule has 1 aliphatic heterocycles. The first-order chi connectivity index (χ1) is 13.5. The molecule has 28 heavy (non-hydrogen) atoms. The molecule has 142 valence electrons. The molecule has 0 bridgehead atoms. The van der Waals surface area contributed by atoms with Crippen LogP contribution in [-0.4, -0.2) is 33.4 Å². The van der Waals surface area contributed by atoms with Gasteiger partial charge in [0.2, 0.25) is 5.91 Å². The van der Waals surface area contributed by atoms with Gasteiger partial charge in [0.1, 0.15) is 29.2 Å². The van der Waals surface area contributed by atoms with Crippen molar-refractivity contribution in [3.05, 3.63) is 66.1 Å². The standard InChI is InChI=1S/C20H17F2N5O/c1-12-10-17(26-19(24-12)13-4-3-8-23-11-13)25-16-7-9-27(20(16)28)18-14(21)5-2-6-15(18)22/h2-6,8,10-11,16H,7,9H2,1H3,(H,24,25,26). The molecule has 3 heterocycles. The smallest absolute Gasteiger partial charge is 0.249 e. The number of nitrogens with one attached hydrogen (secondary N) is 1. The summed E-state index contributed by atoms with van der Waals surface area (Å²) in [6, 6.07) is 8.27. The average Bonchev–Trinajstić information content (AvgIpc) is 3.02. The molecular formula is C20H17F2N5O. The van der Waals surface area contributed by atoms with E-state index in [-0.39, 0.29) is 12.2 Å². The predicted molar refractivity (Wildman–Crippen MR) is 101 cm³/mol. The van der Waals surface area contributed by atoms with Gasteiger partial charge in [0.15, 0.2) is 5.82 Å². The maximum atomic E-state index is 14.0. The van der Waals surface area contributed by atoms with Gasteiger partial charge < -0.3 is 10.2 Å². The van der Waals surface area contributed by atoms with Gasteiger partial charge in [0.25, 0.3) is 0 Å². The topological polar surface area (TPSA) is 71.0 Å². The Hall–Kier alpha value is -3.42. The minimum absolute atomic E-state index is 0.216. The van der Waals surface area contributed by atoms with Crippen LogP contribution in [0.4, 0.5) is 20.3 Å². The van der Waals surface area contributed by atoms with E-state index in [2.05, 4.69) is 20.3 Å². The first-order valence-electron chi connectivity index (χ1n) is 8.81. The van der Waals surface area contributed by atoms with Gasteiger partial charge in [0.05, 0.1) is 0 Å². The molecule has 1 aliphatic rings. The second kappa shape index (κ2) is 7.30. The first kappa shape index (κ1) is 18.0. The van der Waals surface area contributed by atoms with E-state index in [0.29, 0.717) is 18.1 Å². The highest BCUT2D eigenvalue weighted by atomic mass is 19.1. The Morgan fingerprint density at radius 1 is 1.14 bits per heavy atom. The summed E-state index contributed by atoms with van der Waals surface area (Å²) in [6.07, 6.45) is 3.71. The Morgan fingerprint density at radius 3 is 2.64 bits per heavy atom. The van der Waals surface area contributed by atoms with E-state index >= 15 is 0 Å². The van der Waals surface area contributed by atoms with Crippen LogP contribution in [0.15, 0.2) is 48.8 Å². The van der Waals surface area contributed by atoms with Crippen molar-refractivity contribution in [2.24, 2.45) is 0 Å². The predicted octanol–water partition coefficient (Wildman–Crippen LogP) is 3.34. The molecule has 2 aromatic heterocycles. The van der Waals surface area contributed by atoms with E-state index in [9.17, 15) is 13.6 Å². The number of aryl methyl sites for hydroxylation is 1. The Kier molecular flexibility index (Phi) is 4.68. The third kappa shape index (κ3) is 3.40. The van der Waals surface area contributed by atoms with Crippen molar-refractivity contribution in [2.45, 2.75) is 19.4 Å². The fourth-order valence-corrected chi connectivity index (χ4v) is 3.23. The molecule has 1 saturated heterocycles. The third-order valence-corrected chi connectivity index (χ3v) is 4.51. The second-order valence-corrected chi connectivity index (χ2v) is 6.51. The summed E-state index contributed by atoms with van der Waals surface area (Å²) in [5, 5.41) is 3.07. The number of hydrogen-bond donors (Lipinski definition) is 1. The monoisotopic (exact) mass is 381 g/mol. The van der Waals surface area contributed by atoms with E-state index < -0.39 is 23.6 Å². The van der Waals surface area contributed by atoms with Crippen molar-refractivity contribution in [2.75, 3.05) is 16.8 Å². The largest absolute Gasteiger partial charge is 0.358 e. The lowest BCUT2D eigenvalue weighted by atomic mass is 10.2. The van der Waals surface area contributed by atoms with Gasteiger partial charge in [-0.15, -0.1) is 0 Å². The number of para-hydroxylation sites is 1. The minimum atomic E-state index is -0.759. The molecule has 0 spiro atoms. The normalized spacial score (nSPS) is 16.5. The lowest BCUT2D eigenvalue weighted by Crippen LogP contribution is -2.34. The van der Waals surface area contributed by atoms with Crippen molar-refractivity contribution in [1.29, 1.82) is 0 Å². The van der Waals surface area contributed by atoms with Gasteiger partial charge in [0, 0.05) is 36.3 Å². The molecule has 1 N–H and O–H groups in total. The van der Waals surface area contributed by atoms with Crippen LogP contribution < -0.4 is 10.2 Å². The second-order valence-electron chi connectivity index (χ2n) is 6.51. The maximum absolute atomic E-state index is 14.0. The van der Waals surface area contributed by atoms with Gasteiger partial charge >= 0.3 is 0 Å². The number of anilines is 2. The number of carbonyl (C=O) groups is 1. The molecular weight excluding hydrogens is 364 g/mol. The van der Waals surface area contributed by atoms with Crippen molar-refractivity contribution < 1.29 is 13.6 Å². The van der Waals surface area contributed by atoms with Crippen molar-refractivity contribution in [3.8, 4) is 11.4 Å². The summed E-state index contributed by atoms with van der Waals surface area (Å²) in [6.45, 7) is 2.04. The number of pyridine rings is 1. The van der Waals surface area contributed by atoms with E-state index in [0.717, 1.165) is 28.3 Å². The Balaban J connectivity index is 1.57. The van der Waals surface area contributed by atoms with E-state index in [1.54, 1.807) is 24.5 Å². The summed E-state index contributed by atoms with van der Waals surface area (Å²) in [5.41, 5.74) is 1.16. The number of aromatic nitrogens is 3. The van der Waals surface area contributed by atoms with Crippen LogP contribution in [-0.2, 0) is 4.79 Å². The molecule has 4 rings (SSSR count). The summed E-state index contributed by atoms with van der Waals surface area (Å²) < 4.78 is 28.1. The molecule has 8 heteroatoms. The Labute approximate surface area is 160 Å². The number of nitrogens with zero attached hydrogens (tertiary/aromatic N) is 4. The number of halogens is 2. The number of hydrogen-bond acceptors (Lipinski definition) is 5. The van der Waals surface area contributed by atoms with Crippen LogP contribution in [0.3, 0.4) is 0 Å². The molecule has 1 unspecified atom stereocenters. The van der Waals surface area contributed by atoms with Crippen molar-refractivity contribution in [1.82, 2.24) is 15.0 Å². The van der Waals surface area contributed by atoms with E-state index in [1.165, 1.54) is 6.07 Å². The minimum Gasteiger partial charge on any atom is -0.358 e. The van der Waals surface area contributed by atoms with Gasteiger partial charge in [-0.25, -0.2) is 18.7 Å². The van der Waals surface area contributed by atoms with Crippen LogP contribution in [0.25, 0.3) is 11.4 Å². The summed E-state index contributed by atoms with van der Waals surface area (Å²) >= 11 is 0. The maximum Gasteiger partial charge on any atom is 0.249 e. The fourth-order valence-electron chi connectivity index (χ4n) is 3.23. The van der Waals surface area contributed by atoms with Crippen LogP contribution in [0.2, 0.25) is 0 Å². The summed E-state index contributed by atoms with van der Waals surface area (Å²) in [4.78, 5) is 26.8. The highest BCUT2D eigenvalue weighted by Crippen LogP contribution is 2.29. The lowest BCUT2D eigenvalue weighted by Gasteiger charge is -2.19. The number of benzene rings is 1. The summed E-state index contributed by atoms with van der Waals surface area (Å²) in [5.74, 6) is -0.960. The zero-order valence-corrected chi connectivity index (χ0v) is 15.1. The van der Waals surface area contributed by atoms with E-state index in [4.69, 9.17) is 0 Å². The average molecular weight is 381 g/mol. The Bertz CT molecular complexity index is 1010. The fraction of sp³-hybridized carbons (Fsp3) is 0.200. The van der Waals surface area contributed by atoms with Gasteiger partial charge in [-0.05, 0) is 37.6 Å². The molecule has 1 aromatic carbocycles. The van der Waals surface area contributed by atoms with Crippen LogP contribution in [0.5, 0.6) is 0 Å². The molecule has 1 amide bonds. The quantitative estimate of drug-likeness (QED) is 0.751. The third-order valence-electron chi connectivity index (χ3n) is 4.51. The number of rotatable bonds is 4. The van der Waals surface area contributed by atoms with E-state index in [1.807, 2.05) is 13.0 Å². The zero-order valence-electron chi connectivity index (χ0n) is 15.1. The number of amides is 1. The highest BCUT2D eigenvalue weighted by molar-refractivity contribution is 6.01. The van der Waals surface area contributed by atoms with Crippen LogP contribution in [0, 0.1) is 18.6 Å². The van der Waals surface area contributed by atoms with Gasteiger partial charge in [-0.2, -0.15) is 0 Å². The Morgan fingerprint density at radius 2 is 1.93 bits per heavy atom. The van der Waals surface area contributed by atoms with Crippen LogP contribution >= 0.6 is 0 Å². The molecule has 0 radical (unpaired) electrons. The molecule has 0 aliphatic carbocycles. The number of carbonyl (C=O) groups excluding carboxylic acids is 1. The lowest BCUT2D eigenvalue weighted by molar-refractivity contribution is -0.117. The van der Waals surface area contributed by atoms with Crippen molar-refractivity contribution >= 4 is 17.4 Å². The highest BCUT2D eigenvalue weighted by Gasteiger charge is 2.35. The van der Waals surface area contributed by atoms with Crippen molar-refractivity contribution in [3.63, 3.8) is 0 Å². The molecule has 0 saturated carbocycles. The van der Waals surface area contributed by atoms with Gasteiger partial charge in [-0.3, -0.25) is 9.78 Å². The van der Waals surface area contributed by atoms with Gasteiger partial charge in [-0.1, -0.05) is 6.07 Å². The zero-order chi connectivity index (χ0) is 19.7. The molecule has 1 atom stereocenters. The molecule has 3 aromatic rings. The molecule has 1 fully saturated rings. The first-order valence-corrected chi connectivity index (χ1v) is 8.81.